The van der Waals surface area contributed by atoms with E-state index < -0.39 is 17.7 Å². The van der Waals surface area contributed by atoms with Crippen LogP contribution in [0.5, 0.6) is 0 Å². The maximum Gasteiger partial charge on any atom is 0.335 e. The molecule has 0 saturated carbocycles. The van der Waals surface area contributed by atoms with E-state index in [1.807, 2.05) is 0 Å². The number of benzene rings is 1. The maximum atomic E-state index is 13.8. The Kier molecular flexibility index (Phi) is 3.64. The third-order valence-corrected chi connectivity index (χ3v) is 3.20. The molecule has 1 N–H and O–H groups in total. The Morgan fingerprint density at radius 1 is 1.26 bits per heavy atom. The lowest BCUT2D eigenvalue weighted by Gasteiger charge is -2.28. The van der Waals surface area contributed by atoms with Crippen molar-refractivity contribution in [2.45, 2.75) is 12.8 Å². The molecule has 0 unspecified atom stereocenters. The topological polar surface area (TPSA) is 57.6 Å². The highest BCUT2D eigenvalue weighted by atomic mass is 19.1. The monoisotopic (exact) mass is 263 g/mol. The first-order valence-corrected chi connectivity index (χ1v) is 5.98. The molecular formula is C14H14FNO3. The first kappa shape index (κ1) is 13.3. The van der Waals surface area contributed by atoms with Gasteiger partial charge in [0, 0.05) is 13.1 Å². The van der Waals surface area contributed by atoms with Crippen LogP contribution in [-0.4, -0.2) is 35.0 Å². The number of likely N-dealkylation sites (tertiary alicyclic amines) is 1. The van der Waals surface area contributed by atoms with Crippen molar-refractivity contribution in [1.29, 1.82) is 0 Å². The van der Waals surface area contributed by atoms with Gasteiger partial charge in [0.05, 0.1) is 11.1 Å². The number of carboxylic acid groups (broad SMARTS) is 1. The average molecular weight is 263 g/mol. The third-order valence-electron chi connectivity index (χ3n) is 3.20. The number of hydrogen-bond donors (Lipinski definition) is 1. The van der Waals surface area contributed by atoms with Crippen LogP contribution in [0, 0.1) is 5.82 Å². The molecule has 1 heterocycles. The lowest BCUT2D eigenvalue weighted by molar-refractivity contribution is 0.0691. The van der Waals surface area contributed by atoms with Crippen molar-refractivity contribution in [3.8, 4) is 0 Å². The van der Waals surface area contributed by atoms with Gasteiger partial charge in [-0.3, -0.25) is 4.79 Å². The van der Waals surface area contributed by atoms with Crippen molar-refractivity contribution in [3.05, 3.63) is 47.3 Å². The van der Waals surface area contributed by atoms with Gasteiger partial charge in [-0.15, -0.1) is 0 Å². The molecule has 1 fully saturated rings. The van der Waals surface area contributed by atoms with Crippen LogP contribution >= 0.6 is 0 Å². The van der Waals surface area contributed by atoms with E-state index in [1.165, 1.54) is 12.1 Å². The predicted octanol–water partition coefficient (Wildman–Crippen LogP) is 2.32. The molecular weight excluding hydrogens is 249 g/mol. The lowest BCUT2D eigenvalue weighted by atomic mass is 10.0. The predicted molar refractivity (Wildman–Crippen MR) is 67.6 cm³/mol. The Bertz CT molecular complexity index is 544. The number of hydrogen-bond acceptors (Lipinski definition) is 2. The van der Waals surface area contributed by atoms with Gasteiger partial charge < -0.3 is 10.0 Å². The zero-order valence-electron chi connectivity index (χ0n) is 10.4. The van der Waals surface area contributed by atoms with E-state index in [0.717, 1.165) is 24.5 Å². The Hall–Kier alpha value is -2.17. The molecule has 1 aliphatic rings. The van der Waals surface area contributed by atoms with Gasteiger partial charge in [0.2, 0.25) is 0 Å². The number of carbonyl (C=O) groups is 2. The average Bonchev–Trinajstić information content (AvgIpc) is 2.38. The van der Waals surface area contributed by atoms with E-state index in [1.54, 1.807) is 4.90 Å². The molecule has 0 aliphatic carbocycles. The Balaban J connectivity index is 2.19. The first-order valence-electron chi connectivity index (χ1n) is 5.98. The number of rotatable bonds is 2. The van der Waals surface area contributed by atoms with E-state index in [2.05, 4.69) is 6.58 Å². The van der Waals surface area contributed by atoms with Gasteiger partial charge in [-0.2, -0.15) is 0 Å². The summed E-state index contributed by atoms with van der Waals surface area (Å²) in [6.07, 6.45) is 1.45. The summed E-state index contributed by atoms with van der Waals surface area (Å²) >= 11 is 0. The Morgan fingerprint density at radius 3 is 2.42 bits per heavy atom. The SMILES string of the molecule is C=C1CCN(C(=O)c2ccc(C(=O)O)cc2F)CC1. The molecule has 1 amide bonds. The molecule has 1 aliphatic heterocycles. The van der Waals surface area contributed by atoms with Gasteiger partial charge in [0.1, 0.15) is 5.82 Å². The smallest absolute Gasteiger partial charge is 0.335 e. The van der Waals surface area contributed by atoms with Crippen LogP contribution in [0.15, 0.2) is 30.4 Å². The number of halogens is 1. The van der Waals surface area contributed by atoms with E-state index in [-0.39, 0.29) is 11.1 Å². The van der Waals surface area contributed by atoms with Gasteiger partial charge >= 0.3 is 5.97 Å². The van der Waals surface area contributed by atoms with Crippen LogP contribution in [-0.2, 0) is 0 Å². The quantitative estimate of drug-likeness (QED) is 0.833. The number of nitrogens with zero attached hydrogens (tertiary/aromatic N) is 1. The second kappa shape index (κ2) is 5.22. The van der Waals surface area contributed by atoms with Gasteiger partial charge in [0.25, 0.3) is 5.91 Å². The van der Waals surface area contributed by atoms with Gasteiger partial charge in [-0.05, 0) is 31.0 Å². The molecule has 0 aromatic heterocycles. The Morgan fingerprint density at radius 2 is 1.89 bits per heavy atom. The summed E-state index contributed by atoms with van der Waals surface area (Å²) in [4.78, 5) is 24.4. The minimum atomic E-state index is -1.22. The van der Waals surface area contributed by atoms with Crippen molar-refractivity contribution in [2.75, 3.05) is 13.1 Å². The molecule has 1 aromatic carbocycles. The number of amides is 1. The summed E-state index contributed by atoms with van der Waals surface area (Å²) in [5, 5.41) is 8.74. The fourth-order valence-electron chi connectivity index (χ4n) is 2.02. The molecule has 5 heteroatoms. The fraction of sp³-hybridized carbons (Fsp3) is 0.286. The van der Waals surface area contributed by atoms with Crippen LogP contribution in [0.1, 0.15) is 33.6 Å². The standard InChI is InChI=1S/C14H14FNO3/c1-9-4-6-16(7-5-9)13(17)11-3-2-10(14(18)19)8-12(11)15/h2-3,8H,1,4-7H2,(H,18,19). The lowest BCUT2D eigenvalue weighted by Crippen LogP contribution is -2.36. The summed E-state index contributed by atoms with van der Waals surface area (Å²) in [7, 11) is 0. The summed E-state index contributed by atoms with van der Waals surface area (Å²) in [5.74, 6) is -2.41. The van der Waals surface area contributed by atoms with Crippen molar-refractivity contribution in [1.82, 2.24) is 4.90 Å². The van der Waals surface area contributed by atoms with Crippen molar-refractivity contribution in [2.24, 2.45) is 0 Å². The number of carbonyl (C=O) groups excluding carboxylic acids is 1. The van der Waals surface area contributed by atoms with Crippen LogP contribution < -0.4 is 0 Å². The molecule has 0 spiro atoms. The van der Waals surface area contributed by atoms with Gasteiger partial charge in [-0.1, -0.05) is 12.2 Å². The second-order valence-electron chi connectivity index (χ2n) is 4.54. The molecule has 100 valence electrons. The highest BCUT2D eigenvalue weighted by Gasteiger charge is 2.22. The molecule has 4 nitrogen and oxygen atoms in total. The first-order chi connectivity index (χ1) is 8.99. The van der Waals surface area contributed by atoms with Crippen LogP contribution in [0.4, 0.5) is 4.39 Å². The van der Waals surface area contributed by atoms with E-state index >= 15 is 0 Å². The van der Waals surface area contributed by atoms with Crippen molar-refractivity contribution in [3.63, 3.8) is 0 Å². The van der Waals surface area contributed by atoms with Crippen LogP contribution in [0.25, 0.3) is 0 Å². The maximum absolute atomic E-state index is 13.8. The van der Waals surface area contributed by atoms with Crippen molar-refractivity contribution < 1.29 is 19.1 Å². The zero-order valence-corrected chi connectivity index (χ0v) is 10.4. The molecule has 0 bridgehead atoms. The largest absolute Gasteiger partial charge is 0.478 e. The molecule has 1 saturated heterocycles. The second-order valence-corrected chi connectivity index (χ2v) is 4.54. The van der Waals surface area contributed by atoms with E-state index in [0.29, 0.717) is 13.1 Å². The minimum absolute atomic E-state index is 0.0856. The fourth-order valence-corrected chi connectivity index (χ4v) is 2.02. The number of piperidine rings is 1. The summed E-state index contributed by atoms with van der Waals surface area (Å²) in [6.45, 7) is 4.90. The number of aromatic carboxylic acids is 1. The van der Waals surface area contributed by atoms with Gasteiger partial charge in [0.15, 0.2) is 0 Å². The van der Waals surface area contributed by atoms with Crippen LogP contribution in [0.2, 0.25) is 0 Å². The molecule has 0 atom stereocenters. The normalized spacial score (nSPS) is 15.4. The molecule has 2 rings (SSSR count). The Labute approximate surface area is 110 Å². The number of carboxylic acids is 1. The molecule has 1 aromatic rings. The molecule has 19 heavy (non-hydrogen) atoms. The highest BCUT2D eigenvalue weighted by Crippen LogP contribution is 2.18. The summed E-state index contributed by atoms with van der Waals surface area (Å²) in [5.41, 5.74) is 0.837. The van der Waals surface area contributed by atoms with E-state index in [9.17, 15) is 14.0 Å². The van der Waals surface area contributed by atoms with E-state index in [4.69, 9.17) is 5.11 Å². The third kappa shape index (κ3) is 2.81. The minimum Gasteiger partial charge on any atom is -0.478 e. The molecule has 0 radical (unpaired) electrons. The summed E-state index contributed by atoms with van der Waals surface area (Å²) in [6, 6.07) is 3.34. The summed E-state index contributed by atoms with van der Waals surface area (Å²) < 4.78 is 13.8. The van der Waals surface area contributed by atoms with Gasteiger partial charge in [-0.25, -0.2) is 9.18 Å². The highest BCUT2D eigenvalue weighted by molar-refractivity contribution is 5.96. The zero-order chi connectivity index (χ0) is 14.0. The van der Waals surface area contributed by atoms with Crippen LogP contribution in [0.3, 0.4) is 0 Å². The van der Waals surface area contributed by atoms with Crippen molar-refractivity contribution >= 4 is 11.9 Å².